The first kappa shape index (κ1) is 14.4. The second-order valence-electron chi connectivity index (χ2n) is 4.50. The maximum Gasteiger partial charge on any atom is 0.227 e. The predicted octanol–water partition coefficient (Wildman–Crippen LogP) is 4.13. The van der Waals surface area contributed by atoms with Crippen LogP contribution >= 0.6 is 23.2 Å². The third-order valence-electron chi connectivity index (χ3n) is 3.01. The summed E-state index contributed by atoms with van der Waals surface area (Å²) in [5.41, 5.74) is 0.880. The molecule has 0 saturated carbocycles. The summed E-state index contributed by atoms with van der Waals surface area (Å²) in [4.78, 5) is 10.9. The lowest BCUT2D eigenvalue weighted by Gasteiger charge is -2.17. The van der Waals surface area contributed by atoms with Crippen LogP contribution in [0.25, 0.3) is 10.9 Å². The molecule has 1 aromatic heterocycles. The second kappa shape index (κ2) is 6.92. The van der Waals surface area contributed by atoms with Crippen molar-refractivity contribution >= 4 is 40.1 Å². The first-order valence-corrected chi connectivity index (χ1v) is 7.33. The highest BCUT2D eigenvalue weighted by molar-refractivity contribution is 6.34. The van der Waals surface area contributed by atoms with E-state index < -0.39 is 0 Å². The first-order valence-electron chi connectivity index (χ1n) is 6.42. The molecule has 0 radical (unpaired) electrons. The quantitative estimate of drug-likeness (QED) is 0.456. The van der Waals surface area contributed by atoms with E-state index in [1.54, 1.807) is 0 Å². The van der Waals surface area contributed by atoms with E-state index in [0.29, 0.717) is 11.1 Å². The van der Waals surface area contributed by atoms with Crippen molar-refractivity contribution in [3.63, 3.8) is 0 Å². The topological polar surface area (TPSA) is 29.0 Å². The molecule has 0 bridgehead atoms. The number of nitrogens with zero attached hydrogens (tertiary/aromatic N) is 3. The largest absolute Gasteiger partial charge is 0.344 e. The van der Waals surface area contributed by atoms with Gasteiger partial charge in [0.1, 0.15) is 5.15 Å². The van der Waals surface area contributed by atoms with Gasteiger partial charge in [0.05, 0.1) is 5.52 Å². The van der Waals surface area contributed by atoms with Crippen molar-refractivity contribution in [3.8, 4) is 0 Å². The maximum atomic E-state index is 6.19. The van der Waals surface area contributed by atoms with Crippen molar-refractivity contribution in [2.75, 3.05) is 24.4 Å². The number of rotatable bonds is 6. The highest BCUT2D eigenvalue weighted by Crippen LogP contribution is 2.22. The van der Waals surface area contributed by atoms with E-state index in [-0.39, 0.29) is 0 Å². The van der Waals surface area contributed by atoms with Crippen LogP contribution < -0.4 is 4.90 Å². The fourth-order valence-electron chi connectivity index (χ4n) is 1.92. The van der Waals surface area contributed by atoms with Gasteiger partial charge in [0.15, 0.2) is 0 Å². The standard InChI is InChI=1S/C14H17Cl2N3/c1-19(10-6-2-5-9-15)14-17-12-8-4-3-7-11(12)13(16)18-14/h3-4,7-8H,2,5-6,9-10H2,1H3. The van der Waals surface area contributed by atoms with E-state index in [1.807, 2.05) is 36.2 Å². The monoisotopic (exact) mass is 297 g/mol. The van der Waals surface area contributed by atoms with Gasteiger partial charge >= 0.3 is 0 Å². The Balaban J connectivity index is 2.11. The summed E-state index contributed by atoms with van der Waals surface area (Å²) in [6, 6.07) is 7.78. The molecule has 0 saturated heterocycles. The Morgan fingerprint density at radius 1 is 1.11 bits per heavy atom. The number of hydrogen-bond donors (Lipinski definition) is 0. The third-order valence-corrected chi connectivity index (χ3v) is 3.57. The van der Waals surface area contributed by atoms with Gasteiger partial charge in [0.25, 0.3) is 0 Å². The van der Waals surface area contributed by atoms with Gasteiger partial charge in [-0.25, -0.2) is 9.97 Å². The molecule has 0 N–H and O–H groups in total. The lowest BCUT2D eigenvalue weighted by molar-refractivity contribution is 0.699. The van der Waals surface area contributed by atoms with Crippen molar-refractivity contribution < 1.29 is 0 Å². The minimum atomic E-state index is 0.508. The minimum Gasteiger partial charge on any atom is -0.344 e. The number of alkyl halides is 1. The molecule has 1 heterocycles. The van der Waals surface area contributed by atoms with Crippen LogP contribution in [0.15, 0.2) is 24.3 Å². The first-order chi connectivity index (χ1) is 9.22. The molecule has 2 aromatic rings. The number of unbranched alkanes of at least 4 members (excludes halogenated alkanes) is 2. The summed E-state index contributed by atoms with van der Waals surface area (Å²) in [7, 11) is 1.99. The number of halogens is 2. The van der Waals surface area contributed by atoms with Crippen molar-refractivity contribution in [1.82, 2.24) is 9.97 Å². The van der Waals surface area contributed by atoms with Crippen LogP contribution in [0.3, 0.4) is 0 Å². The van der Waals surface area contributed by atoms with Crippen LogP contribution in [-0.4, -0.2) is 29.4 Å². The van der Waals surface area contributed by atoms with E-state index in [2.05, 4.69) is 9.97 Å². The predicted molar refractivity (Wildman–Crippen MR) is 82.4 cm³/mol. The zero-order valence-corrected chi connectivity index (χ0v) is 12.5. The minimum absolute atomic E-state index is 0.508. The number of aromatic nitrogens is 2. The molecule has 0 spiro atoms. The SMILES string of the molecule is CN(CCCCCCl)c1nc(Cl)c2ccccc2n1. The van der Waals surface area contributed by atoms with E-state index in [1.165, 1.54) is 0 Å². The van der Waals surface area contributed by atoms with Crippen LogP contribution in [0, 0.1) is 0 Å². The Hall–Kier alpha value is -1.06. The van der Waals surface area contributed by atoms with Gasteiger partial charge in [-0.15, -0.1) is 11.6 Å². The van der Waals surface area contributed by atoms with Gasteiger partial charge in [-0.2, -0.15) is 0 Å². The molecule has 0 fully saturated rings. The Morgan fingerprint density at radius 3 is 2.68 bits per heavy atom. The van der Waals surface area contributed by atoms with Gasteiger partial charge in [-0.1, -0.05) is 30.2 Å². The number of benzene rings is 1. The summed E-state index contributed by atoms with van der Waals surface area (Å²) in [5.74, 6) is 1.40. The molecule has 0 aliphatic rings. The average Bonchev–Trinajstić information content (AvgIpc) is 2.43. The normalized spacial score (nSPS) is 10.9. The molecule has 3 nitrogen and oxygen atoms in total. The number of fused-ring (bicyclic) bond motifs is 1. The summed E-state index contributed by atoms with van der Waals surface area (Å²) < 4.78 is 0. The van der Waals surface area contributed by atoms with Crippen LogP contribution in [0.4, 0.5) is 5.95 Å². The Bertz CT molecular complexity index is 545. The molecule has 0 aliphatic heterocycles. The molecule has 1 aromatic carbocycles. The second-order valence-corrected chi connectivity index (χ2v) is 5.24. The van der Waals surface area contributed by atoms with Crippen LogP contribution in [0.1, 0.15) is 19.3 Å². The number of hydrogen-bond acceptors (Lipinski definition) is 3. The lowest BCUT2D eigenvalue weighted by Crippen LogP contribution is -2.21. The van der Waals surface area contributed by atoms with E-state index in [9.17, 15) is 0 Å². The summed E-state index contributed by atoms with van der Waals surface area (Å²) >= 11 is 11.9. The van der Waals surface area contributed by atoms with Gasteiger partial charge in [-0.3, -0.25) is 0 Å². The van der Waals surface area contributed by atoms with Crippen molar-refractivity contribution in [3.05, 3.63) is 29.4 Å². The highest BCUT2D eigenvalue weighted by atomic mass is 35.5. The van der Waals surface area contributed by atoms with Crippen LogP contribution in [0.5, 0.6) is 0 Å². The van der Waals surface area contributed by atoms with E-state index in [0.717, 1.165) is 42.6 Å². The van der Waals surface area contributed by atoms with E-state index in [4.69, 9.17) is 23.2 Å². The molecule has 2 rings (SSSR count). The fraction of sp³-hybridized carbons (Fsp3) is 0.429. The van der Waals surface area contributed by atoms with Crippen LogP contribution in [0.2, 0.25) is 5.15 Å². The highest BCUT2D eigenvalue weighted by Gasteiger charge is 2.08. The fourth-order valence-corrected chi connectivity index (χ4v) is 2.34. The Labute approximate surface area is 123 Å². The maximum absolute atomic E-state index is 6.19. The molecule has 102 valence electrons. The van der Waals surface area contributed by atoms with Gasteiger partial charge in [0.2, 0.25) is 5.95 Å². The summed E-state index contributed by atoms with van der Waals surface area (Å²) in [6.07, 6.45) is 3.25. The van der Waals surface area contributed by atoms with Crippen LogP contribution in [-0.2, 0) is 0 Å². The van der Waals surface area contributed by atoms with Gasteiger partial charge in [-0.05, 0) is 25.0 Å². The van der Waals surface area contributed by atoms with Gasteiger partial charge < -0.3 is 4.90 Å². The third kappa shape index (κ3) is 3.71. The molecular weight excluding hydrogens is 281 g/mol. The Morgan fingerprint density at radius 2 is 1.89 bits per heavy atom. The molecule has 0 amide bonds. The zero-order chi connectivity index (χ0) is 13.7. The molecule has 0 unspecified atom stereocenters. The molecule has 19 heavy (non-hydrogen) atoms. The molecule has 0 aliphatic carbocycles. The smallest absolute Gasteiger partial charge is 0.227 e. The van der Waals surface area contributed by atoms with Crippen molar-refractivity contribution in [1.29, 1.82) is 0 Å². The summed E-state index contributed by atoms with van der Waals surface area (Å²) in [6.45, 7) is 0.908. The molecule has 0 atom stereocenters. The number of para-hydroxylation sites is 1. The van der Waals surface area contributed by atoms with Gasteiger partial charge in [0, 0.05) is 24.9 Å². The molecular formula is C14H17Cl2N3. The Kier molecular flexibility index (Phi) is 5.23. The average molecular weight is 298 g/mol. The zero-order valence-electron chi connectivity index (χ0n) is 10.9. The van der Waals surface area contributed by atoms with E-state index >= 15 is 0 Å². The summed E-state index contributed by atoms with van der Waals surface area (Å²) in [5, 5.41) is 1.40. The number of anilines is 1. The molecule has 5 heteroatoms. The van der Waals surface area contributed by atoms with Crippen molar-refractivity contribution in [2.24, 2.45) is 0 Å². The lowest BCUT2D eigenvalue weighted by atomic mass is 10.2. The van der Waals surface area contributed by atoms with Crippen molar-refractivity contribution in [2.45, 2.75) is 19.3 Å².